The van der Waals surface area contributed by atoms with Crippen molar-refractivity contribution in [3.8, 4) is 5.75 Å². The molecule has 1 saturated heterocycles. The van der Waals surface area contributed by atoms with Crippen LogP contribution in [0.5, 0.6) is 5.75 Å². The monoisotopic (exact) mass is 429 g/mol. The third-order valence-corrected chi connectivity index (χ3v) is 5.36. The molecular weight excluding hydrogens is 398 g/mol. The van der Waals surface area contributed by atoms with Crippen LogP contribution in [0, 0.1) is 6.92 Å². The lowest BCUT2D eigenvalue weighted by molar-refractivity contribution is -0.139. The standard InChI is InChI=1S/C24H31NO6/c1-6-7-9-16-14-20(26)30-21-15(2)19(12-11-17(16)21)29-22(27)18-10-8-13-25(18)23(28)31-24(3,4)5/h11-12,14,18H,6-10,13H2,1-5H3/t18-/m0/s1. The summed E-state index contributed by atoms with van der Waals surface area (Å²) in [5.41, 5.74) is 0.885. The number of rotatable bonds is 5. The Labute approximate surface area is 182 Å². The van der Waals surface area contributed by atoms with E-state index in [1.165, 1.54) is 11.0 Å². The van der Waals surface area contributed by atoms with Gasteiger partial charge in [-0.05, 0) is 71.1 Å². The molecule has 0 aliphatic carbocycles. The molecule has 2 aromatic rings. The third kappa shape index (κ3) is 5.27. The third-order valence-electron chi connectivity index (χ3n) is 5.36. The van der Waals surface area contributed by atoms with Crippen molar-refractivity contribution in [1.29, 1.82) is 0 Å². The van der Waals surface area contributed by atoms with Gasteiger partial charge in [-0.3, -0.25) is 4.90 Å². The molecule has 1 aliphatic heterocycles. The summed E-state index contributed by atoms with van der Waals surface area (Å²) in [7, 11) is 0. The number of likely N-dealkylation sites (tertiary alicyclic amines) is 1. The van der Waals surface area contributed by atoms with Crippen LogP contribution in [0.15, 0.2) is 27.4 Å². The largest absolute Gasteiger partial charge is 0.444 e. The Kier molecular flexibility index (Phi) is 6.72. The first-order chi connectivity index (χ1) is 14.6. The Morgan fingerprint density at radius 3 is 2.68 bits per heavy atom. The van der Waals surface area contributed by atoms with Crippen LogP contribution >= 0.6 is 0 Å². The number of hydrogen-bond donors (Lipinski definition) is 0. The van der Waals surface area contributed by atoms with Gasteiger partial charge in [-0.25, -0.2) is 14.4 Å². The SMILES string of the molecule is CCCCc1cc(=O)oc2c(C)c(OC(=O)[C@@H]3CCCN3C(=O)OC(C)(C)C)ccc12. The molecule has 7 heteroatoms. The molecule has 1 aromatic carbocycles. The highest BCUT2D eigenvalue weighted by atomic mass is 16.6. The van der Waals surface area contributed by atoms with E-state index in [9.17, 15) is 14.4 Å². The summed E-state index contributed by atoms with van der Waals surface area (Å²) in [5, 5.41) is 0.849. The normalized spacial score (nSPS) is 16.5. The number of carbonyl (C=O) groups excluding carboxylic acids is 2. The van der Waals surface area contributed by atoms with Crippen molar-refractivity contribution in [2.24, 2.45) is 0 Å². The zero-order valence-electron chi connectivity index (χ0n) is 18.9. The molecule has 1 amide bonds. The highest BCUT2D eigenvalue weighted by molar-refractivity contribution is 5.88. The topological polar surface area (TPSA) is 86.0 Å². The molecule has 0 unspecified atom stereocenters. The maximum absolute atomic E-state index is 12.9. The van der Waals surface area contributed by atoms with Crippen molar-refractivity contribution >= 4 is 23.0 Å². The van der Waals surface area contributed by atoms with Gasteiger partial charge in [0, 0.05) is 23.6 Å². The van der Waals surface area contributed by atoms with Gasteiger partial charge in [0.1, 0.15) is 23.0 Å². The van der Waals surface area contributed by atoms with Gasteiger partial charge in [-0.15, -0.1) is 0 Å². The summed E-state index contributed by atoms with van der Waals surface area (Å²) in [5.74, 6) is -0.195. The van der Waals surface area contributed by atoms with Crippen LogP contribution in [0.4, 0.5) is 4.79 Å². The maximum atomic E-state index is 12.9. The Hall–Kier alpha value is -2.83. The lowest BCUT2D eigenvalue weighted by Crippen LogP contribution is -2.44. The van der Waals surface area contributed by atoms with Gasteiger partial charge in [-0.2, -0.15) is 0 Å². The molecule has 3 rings (SSSR count). The van der Waals surface area contributed by atoms with Gasteiger partial charge in [-0.1, -0.05) is 13.3 Å². The second-order valence-corrected chi connectivity index (χ2v) is 9.01. The predicted octanol–water partition coefficient (Wildman–Crippen LogP) is 4.75. The van der Waals surface area contributed by atoms with Crippen molar-refractivity contribution in [3.05, 3.63) is 39.7 Å². The number of benzene rings is 1. The van der Waals surface area contributed by atoms with E-state index in [0.717, 1.165) is 30.2 Å². The summed E-state index contributed by atoms with van der Waals surface area (Å²) in [6, 6.07) is 4.37. The van der Waals surface area contributed by atoms with Gasteiger partial charge < -0.3 is 13.9 Å². The van der Waals surface area contributed by atoms with Crippen molar-refractivity contribution in [3.63, 3.8) is 0 Å². The van der Waals surface area contributed by atoms with E-state index >= 15 is 0 Å². The predicted molar refractivity (Wildman–Crippen MR) is 117 cm³/mol. The summed E-state index contributed by atoms with van der Waals surface area (Å²) in [6.45, 7) is 9.67. The maximum Gasteiger partial charge on any atom is 0.411 e. The zero-order chi connectivity index (χ0) is 22.8. The highest BCUT2D eigenvalue weighted by Gasteiger charge is 2.38. The van der Waals surface area contributed by atoms with E-state index in [0.29, 0.717) is 36.3 Å². The van der Waals surface area contributed by atoms with Gasteiger partial charge in [0.2, 0.25) is 0 Å². The molecule has 0 radical (unpaired) electrons. The van der Waals surface area contributed by atoms with E-state index < -0.39 is 29.3 Å². The van der Waals surface area contributed by atoms with Crippen LogP contribution in [0.1, 0.15) is 64.5 Å². The van der Waals surface area contributed by atoms with E-state index in [1.807, 2.05) is 6.07 Å². The minimum absolute atomic E-state index is 0.323. The van der Waals surface area contributed by atoms with Gasteiger partial charge in [0.25, 0.3) is 0 Å². The molecule has 0 bridgehead atoms. The molecule has 31 heavy (non-hydrogen) atoms. The van der Waals surface area contributed by atoms with Crippen LogP contribution in [0.2, 0.25) is 0 Å². The number of carbonyl (C=O) groups is 2. The first kappa shape index (κ1) is 22.8. The number of aryl methyl sites for hydroxylation is 2. The zero-order valence-corrected chi connectivity index (χ0v) is 18.9. The molecular formula is C24H31NO6. The molecule has 1 atom stereocenters. The Bertz CT molecular complexity index is 1030. The molecule has 1 fully saturated rings. The fraction of sp³-hybridized carbons (Fsp3) is 0.542. The van der Waals surface area contributed by atoms with Crippen LogP contribution in [-0.2, 0) is 16.0 Å². The number of hydrogen-bond acceptors (Lipinski definition) is 6. The van der Waals surface area contributed by atoms with E-state index in [-0.39, 0.29) is 0 Å². The second-order valence-electron chi connectivity index (χ2n) is 9.01. The first-order valence-electron chi connectivity index (χ1n) is 10.9. The molecule has 1 aromatic heterocycles. The minimum atomic E-state index is -0.701. The van der Waals surface area contributed by atoms with Crippen molar-refractivity contribution in [2.75, 3.05) is 6.54 Å². The molecule has 0 saturated carbocycles. The Morgan fingerprint density at radius 2 is 2.00 bits per heavy atom. The molecule has 7 nitrogen and oxygen atoms in total. The quantitative estimate of drug-likeness (QED) is 0.387. The van der Waals surface area contributed by atoms with Crippen molar-refractivity contribution < 1.29 is 23.5 Å². The van der Waals surface area contributed by atoms with Gasteiger partial charge in [0.05, 0.1) is 0 Å². The molecule has 0 spiro atoms. The lowest BCUT2D eigenvalue weighted by Gasteiger charge is -2.27. The van der Waals surface area contributed by atoms with Crippen LogP contribution in [-0.4, -0.2) is 35.2 Å². The molecule has 1 aliphatic rings. The highest BCUT2D eigenvalue weighted by Crippen LogP contribution is 2.30. The number of ether oxygens (including phenoxy) is 2. The first-order valence-corrected chi connectivity index (χ1v) is 10.9. The Balaban J connectivity index is 1.84. The number of nitrogens with zero attached hydrogens (tertiary/aromatic N) is 1. The number of amides is 1. The average Bonchev–Trinajstić information content (AvgIpc) is 3.17. The van der Waals surface area contributed by atoms with E-state index in [1.54, 1.807) is 33.8 Å². The second kappa shape index (κ2) is 9.12. The summed E-state index contributed by atoms with van der Waals surface area (Å²) < 4.78 is 16.5. The lowest BCUT2D eigenvalue weighted by atomic mass is 10.0. The van der Waals surface area contributed by atoms with Crippen LogP contribution < -0.4 is 10.4 Å². The molecule has 0 N–H and O–H groups in total. The number of fused-ring (bicyclic) bond motifs is 1. The fourth-order valence-electron chi connectivity index (χ4n) is 3.82. The van der Waals surface area contributed by atoms with Crippen LogP contribution in [0.25, 0.3) is 11.0 Å². The number of esters is 1. The smallest absolute Gasteiger partial charge is 0.411 e. The van der Waals surface area contributed by atoms with E-state index in [4.69, 9.17) is 13.9 Å². The summed E-state index contributed by atoms with van der Waals surface area (Å²) >= 11 is 0. The van der Waals surface area contributed by atoms with Crippen LogP contribution in [0.3, 0.4) is 0 Å². The summed E-state index contributed by atoms with van der Waals surface area (Å²) in [4.78, 5) is 38.9. The van der Waals surface area contributed by atoms with Gasteiger partial charge >= 0.3 is 17.7 Å². The molecule has 2 heterocycles. The fourth-order valence-corrected chi connectivity index (χ4v) is 3.82. The van der Waals surface area contributed by atoms with Gasteiger partial charge in [0.15, 0.2) is 0 Å². The average molecular weight is 430 g/mol. The Morgan fingerprint density at radius 1 is 1.26 bits per heavy atom. The molecule has 168 valence electrons. The van der Waals surface area contributed by atoms with Crippen molar-refractivity contribution in [2.45, 2.75) is 78.4 Å². The summed E-state index contributed by atoms with van der Waals surface area (Å²) in [6.07, 6.45) is 3.47. The number of unbranched alkanes of at least 4 members (excludes halogenated alkanes) is 1. The van der Waals surface area contributed by atoms with Crippen molar-refractivity contribution in [1.82, 2.24) is 4.90 Å². The van der Waals surface area contributed by atoms with E-state index in [2.05, 4.69) is 6.92 Å². The minimum Gasteiger partial charge on any atom is -0.444 e.